The summed E-state index contributed by atoms with van der Waals surface area (Å²) < 4.78 is 0. The minimum Gasteiger partial charge on any atom is -0.306 e. The number of rotatable bonds is 4. The normalized spacial score (nSPS) is 10.3. The number of pyridine rings is 1. The average Bonchev–Trinajstić information content (AvgIpc) is 2.49. The Balaban J connectivity index is 1.87. The zero-order valence-corrected chi connectivity index (χ0v) is 10.8. The largest absolute Gasteiger partial charge is 0.339 e. The van der Waals surface area contributed by atoms with E-state index in [1.165, 1.54) is 30.5 Å². The summed E-state index contributed by atoms with van der Waals surface area (Å²) in [7, 11) is 0. The third-order valence-corrected chi connectivity index (χ3v) is 2.42. The lowest BCUT2D eigenvalue weighted by atomic mass is 10.2. The molecule has 0 unspecified atom stereocenters. The summed E-state index contributed by atoms with van der Waals surface area (Å²) in [5.74, 6) is 0. The molecule has 0 aliphatic carbocycles. The molecule has 1 aromatic carbocycles. The first-order valence-corrected chi connectivity index (χ1v) is 5.90. The van der Waals surface area contributed by atoms with Crippen molar-refractivity contribution in [3.8, 4) is 0 Å². The van der Waals surface area contributed by atoms with Crippen molar-refractivity contribution < 1.29 is 9.72 Å². The summed E-state index contributed by atoms with van der Waals surface area (Å²) >= 11 is 0. The van der Waals surface area contributed by atoms with E-state index in [0.717, 1.165) is 0 Å². The molecule has 2 N–H and O–H groups in total. The van der Waals surface area contributed by atoms with Crippen molar-refractivity contribution in [1.82, 2.24) is 10.4 Å². The van der Waals surface area contributed by atoms with Gasteiger partial charge in [-0.1, -0.05) is 0 Å². The van der Waals surface area contributed by atoms with E-state index in [0.29, 0.717) is 11.3 Å². The molecular formula is C13H11N5O3. The molecule has 0 aliphatic rings. The first kappa shape index (κ1) is 14.1. The van der Waals surface area contributed by atoms with E-state index < -0.39 is 11.0 Å². The fraction of sp³-hybridized carbons (Fsp3) is 0. The topological polar surface area (TPSA) is 110 Å². The van der Waals surface area contributed by atoms with Gasteiger partial charge in [0.1, 0.15) is 0 Å². The molecule has 0 radical (unpaired) electrons. The van der Waals surface area contributed by atoms with E-state index in [9.17, 15) is 14.9 Å². The Kier molecular flexibility index (Phi) is 4.54. The molecule has 0 bridgehead atoms. The number of nitrogens with zero attached hydrogens (tertiary/aromatic N) is 3. The molecule has 2 amide bonds. The Labute approximate surface area is 119 Å². The Morgan fingerprint density at radius 1 is 1.19 bits per heavy atom. The average molecular weight is 285 g/mol. The van der Waals surface area contributed by atoms with Crippen molar-refractivity contribution in [3.05, 3.63) is 64.5 Å². The van der Waals surface area contributed by atoms with Crippen molar-refractivity contribution in [2.24, 2.45) is 5.10 Å². The lowest BCUT2D eigenvalue weighted by Gasteiger charge is -2.02. The molecule has 0 saturated heterocycles. The zero-order valence-electron chi connectivity index (χ0n) is 10.8. The SMILES string of the molecule is O=C(NN=Cc1ccc([N+](=O)[O-])cc1)Nc1ccncc1. The lowest BCUT2D eigenvalue weighted by molar-refractivity contribution is -0.384. The summed E-state index contributed by atoms with van der Waals surface area (Å²) in [4.78, 5) is 25.3. The number of carbonyl (C=O) groups excluding carboxylic acids is 1. The lowest BCUT2D eigenvalue weighted by Crippen LogP contribution is -2.24. The first-order chi connectivity index (χ1) is 10.1. The van der Waals surface area contributed by atoms with Crippen LogP contribution < -0.4 is 10.7 Å². The molecule has 0 saturated carbocycles. The van der Waals surface area contributed by atoms with Gasteiger partial charge in [-0.2, -0.15) is 5.10 Å². The quantitative estimate of drug-likeness (QED) is 0.509. The van der Waals surface area contributed by atoms with E-state index in [-0.39, 0.29) is 5.69 Å². The van der Waals surface area contributed by atoms with E-state index in [4.69, 9.17) is 0 Å². The molecule has 8 nitrogen and oxygen atoms in total. The van der Waals surface area contributed by atoms with Gasteiger partial charge in [0.15, 0.2) is 0 Å². The Morgan fingerprint density at radius 3 is 2.48 bits per heavy atom. The number of aromatic nitrogens is 1. The van der Waals surface area contributed by atoms with Gasteiger partial charge in [0.25, 0.3) is 5.69 Å². The number of urea groups is 1. The van der Waals surface area contributed by atoms with Crippen molar-refractivity contribution in [3.63, 3.8) is 0 Å². The molecule has 1 aromatic heterocycles. The standard InChI is InChI=1S/C13H11N5O3/c19-13(16-11-5-7-14-8-6-11)17-15-9-10-1-3-12(4-2-10)18(20)21/h1-9H,(H2,14,16,17,19). The number of nitro benzene ring substituents is 1. The molecule has 0 aliphatic heterocycles. The van der Waals surface area contributed by atoms with Crippen LogP contribution in [0, 0.1) is 10.1 Å². The van der Waals surface area contributed by atoms with Crippen LogP contribution in [0.5, 0.6) is 0 Å². The second kappa shape index (κ2) is 6.75. The number of hydrogen-bond acceptors (Lipinski definition) is 5. The van der Waals surface area contributed by atoms with E-state index >= 15 is 0 Å². The maximum atomic E-state index is 11.5. The maximum Gasteiger partial charge on any atom is 0.339 e. The van der Waals surface area contributed by atoms with Crippen LogP contribution in [-0.2, 0) is 0 Å². The molecule has 8 heteroatoms. The number of carbonyl (C=O) groups is 1. The van der Waals surface area contributed by atoms with Gasteiger partial charge in [-0.25, -0.2) is 10.2 Å². The molecular weight excluding hydrogens is 274 g/mol. The van der Waals surface area contributed by atoms with Crippen LogP contribution in [-0.4, -0.2) is 22.2 Å². The molecule has 0 spiro atoms. The third-order valence-electron chi connectivity index (χ3n) is 2.42. The van der Waals surface area contributed by atoms with Crippen molar-refractivity contribution in [1.29, 1.82) is 0 Å². The minimum absolute atomic E-state index is 0.00413. The summed E-state index contributed by atoms with van der Waals surface area (Å²) in [5.41, 5.74) is 3.50. The van der Waals surface area contributed by atoms with Gasteiger partial charge in [0.2, 0.25) is 0 Å². The number of non-ortho nitro benzene ring substituents is 1. The Hall–Kier alpha value is -3.29. The predicted octanol–water partition coefficient (Wildman–Crippen LogP) is 2.15. The predicted molar refractivity (Wildman–Crippen MR) is 77.1 cm³/mol. The number of nitro groups is 1. The van der Waals surface area contributed by atoms with E-state index in [1.807, 2.05) is 0 Å². The van der Waals surface area contributed by atoms with E-state index in [1.54, 1.807) is 24.5 Å². The summed E-state index contributed by atoms with van der Waals surface area (Å²) in [6.45, 7) is 0. The van der Waals surface area contributed by atoms with Crippen LogP contribution in [0.4, 0.5) is 16.2 Å². The molecule has 1 heterocycles. The summed E-state index contributed by atoms with van der Waals surface area (Å²) in [5, 5.41) is 16.8. The molecule has 2 aromatic rings. The Bertz CT molecular complexity index is 655. The Morgan fingerprint density at radius 2 is 1.86 bits per heavy atom. The number of benzene rings is 1. The van der Waals surface area contributed by atoms with Crippen LogP contribution >= 0.6 is 0 Å². The highest BCUT2D eigenvalue weighted by Crippen LogP contribution is 2.10. The highest BCUT2D eigenvalue weighted by molar-refractivity contribution is 5.90. The monoisotopic (exact) mass is 285 g/mol. The number of hydrazone groups is 1. The van der Waals surface area contributed by atoms with Crippen LogP contribution in [0.1, 0.15) is 5.56 Å². The number of nitrogens with one attached hydrogen (secondary N) is 2. The van der Waals surface area contributed by atoms with Crippen molar-refractivity contribution in [2.45, 2.75) is 0 Å². The minimum atomic E-state index is -0.501. The summed E-state index contributed by atoms with van der Waals surface area (Å²) in [6, 6.07) is 8.56. The van der Waals surface area contributed by atoms with Gasteiger partial charge >= 0.3 is 6.03 Å². The van der Waals surface area contributed by atoms with Gasteiger partial charge in [0.05, 0.1) is 11.1 Å². The third kappa shape index (κ3) is 4.39. The smallest absolute Gasteiger partial charge is 0.306 e. The van der Waals surface area contributed by atoms with Gasteiger partial charge in [-0.3, -0.25) is 15.1 Å². The van der Waals surface area contributed by atoms with Gasteiger partial charge in [0, 0.05) is 30.2 Å². The molecule has 0 atom stereocenters. The second-order valence-corrected chi connectivity index (χ2v) is 3.91. The fourth-order valence-electron chi connectivity index (χ4n) is 1.44. The summed E-state index contributed by atoms with van der Waals surface area (Å²) in [6.07, 6.45) is 4.49. The van der Waals surface area contributed by atoms with Crippen LogP contribution in [0.3, 0.4) is 0 Å². The number of anilines is 1. The maximum absolute atomic E-state index is 11.5. The second-order valence-electron chi connectivity index (χ2n) is 3.91. The molecule has 2 rings (SSSR count). The van der Waals surface area contributed by atoms with Crippen LogP contribution in [0.2, 0.25) is 0 Å². The fourth-order valence-corrected chi connectivity index (χ4v) is 1.44. The first-order valence-electron chi connectivity index (χ1n) is 5.90. The molecule has 0 fully saturated rings. The van der Waals surface area contributed by atoms with Crippen LogP contribution in [0.25, 0.3) is 0 Å². The van der Waals surface area contributed by atoms with Gasteiger partial charge in [-0.15, -0.1) is 0 Å². The zero-order chi connectivity index (χ0) is 15.1. The van der Waals surface area contributed by atoms with Crippen molar-refractivity contribution in [2.75, 3.05) is 5.32 Å². The van der Waals surface area contributed by atoms with Crippen molar-refractivity contribution >= 4 is 23.6 Å². The van der Waals surface area contributed by atoms with Gasteiger partial charge < -0.3 is 5.32 Å². The highest BCUT2D eigenvalue weighted by atomic mass is 16.6. The number of amides is 2. The molecule has 21 heavy (non-hydrogen) atoms. The molecule has 106 valence electrons. The van der Waals surface area contributed by atoms with Crippen LogP contribution in [0.15, 0.2) is 53.9 Å². The van der Waals surface area contributed by atoms with Gasteiger partial charge in [-0.05, 0) is 29.8 Å². The highest BCUT2D eigenvalue weighted by Gasteiger charge is 2.02. The number of hydrogen-bond donors (Lipinski definition) is 2. The van der Waals surface area contributed by atoms with E-state index in [2.05, 4.69) is 20.8 Å².